The number of carbonyl (C=O) groups is 1. The summed E-state index contributed by atoms with van der Waals surface area (Å²) in [5.74, 6) is -1.72. The van der Waals surface area contributed by atoms with E-state index in [2.05, 4.69) is 4.74 Å². The van der Waals surface area contributed by atoms with E-state index < -0.39 is 17.6 Å². The Kier molecular flexibility index (Phi) is 2.39. The van der Waals surface area contributed by atoms with Crippen LogP contribution < -0.4 is 0 Å². The molecule has 0 unspecified atom stereocenters. The van der Waals surface area contributed by atoms with Crippen molar-refractivity contribution in [3.63, 3.8) is 0 Å². The maximum Gasteiger partial charge on any atom is 0.491 e. The average molecular weight is 248 g/mol. The largest absolute Gasteiger partial charge is 0.491 e. The number of esters is 1. The van der Waals surface area contributed by atoms with Crippen LogP contribution in [0.4, 0.5) is 13.2 Å². The van der Waals surface area contributed by atoms with E-state index in [4.69, 9.17) is 0 Å². The summed E-state index contributed by atoms with van der Waals surface area (Å²) in [6, 6.07) is 0. The molecule has 1 fully saturated rings. The van der Waals surface area contributed by atoms with Gasteiger partial charge in [0.25, 0.3) is 0 Å². The zero-order valence-electron chi connectivity index (χ0n) is 10.0. The molecule has 0 aromatic heterocycles. The number of fused-ring (bicyclic) bond motifs is 2. The molecular weight excluding hydrogens is 233 g/mol. The lowest BCUT2D eigenvalue weighted by atomic mass is 9.70. The van der Waals surface area contributed by atoms with Crippen molar-refractivity contribution in [3.8, 4) is 0 Å². The molecule has 2 nitrogen and oxygen atoms in total. The number of alkyl halides is 3. The van der Waals surface area contributed by atoms with Crippen molar-refractivity contribution < 1.29 is 22.7 Å². The van der Waals surface area contributed by atoms with Crippen molar-refractivity contribution in [2.45, 2.75) is 39.8 Å². The van der Waals surface area contributed by atoms with Gasteiger partial charge in [-0.05, 0) is 30.3 Å². The number of rotatable bonds is 1. The van der Waals surface area contributed by atoms with Crippen LogP contribution in [0.25, 0.3) is 0 Å². The monoisotopic (exact) mass is 248 g/mol. The molecule has 96 valence electrons. The lowest BCUT2D eigenvalue weighted by Crippen LogP contribution is -2.34. The van der Waals surface area contributed by atoms with Gasteiger partial charge in [-0.2, -0.15) is 13.2 Å². The summed E-state index contributed by atoms with van der Waals surface area (Å²) < 4.78 is 41.0. The molecule has 0 saturated heterocycles. The van der Waals surface area contributed by atoms with Gasteiger partial charge in [-0.25, -0.2) is 4.79 Å². The Hall–Kier alpha value is -1.00. The van der Waals surface area contributed by atoms with Gasteiger partial charge in [0, 0.05) is 5.41 Å². The van der Waals surface area contributed by atoms with Gasteiger partial charge in [0.2, 0.25) is 0 Å². The molecule has 0 heterocycles. The lowest BCUT2D eigenvalue weighted by Gasteiger charge is -2.36. The molecule has 5 heteroatoms. The second-order valence-electron chi connectivity index (χ2n) is 5.62. The first-order chi connectivity index (χ1) is 7.59. The van der Waals surface area contributed by atoms with Gasteiger partial charge in [-0.15, -0.1) is 0 Å². The van der Waals surface area contributed by atoms with Gasteiger partial charge in [0.15, 0.2) is 0 Å². The number of carbonyl (C=O) groups excluding carboxylic acids is 1. The fourth-order valence-corrected chi connectivity index (χ4v) is 2.94. The molecular formula is C12H15F3O2. The molecule has 0 aliphatic heterocycles. The minimum atomic E-state index is -4.93. The highest BCUT2D eigenvalue weighted by atomic mass is 19.4. The highest BCUT2D eigenvalue weighted by Gasteiger charge is 2.59. The molecule has 17 heavy (non-hydrogen) atoms. The Balaban J connectivity index is 2.21. The molecule has 2 bridgehead atoms. The topological polar surface area (TPSA) is 26.3 Å². The second kappa shape index (κ2) is 3.27. The van der Waals surface area contributed by atoms with E-state index >= 15 is 0 Å². The smallest absolute Gasteiger partial charge is 0.424 e. The van der Waals surface area contributed by atoms with Crippen molar-refractivity contribution in [3.05, 3.63) is 11.8 Å². The average Bonchev–Trinajstić information content (AvgIpc) is 2.49. The third-order valence-electron chi connectivity index (χ3n) is 4.63. The molecule has 0 N–H and O–H groups in total. The van der Waals surface area contributed by atoms with E-state index in [9.17, 15) is 18.0 Å². The van der Waals surface area contributed by atoms with Crippen molar-refractivity contribution in [2.24, 2.45) is 16.7 Å². The fraction of sp³-hybridized carbons (Fsp3) is 0.750. The predicted octanol–water partition coefficient (Wildman–Crippen LogP) is 3.43. The summed E-state index contributed by atoms with van der Waals surface area (Å²) in [5.41, 5.74) is -0.604. The zero-order chi connectivity index (χ0) is 13.1. The second-order valence-corrected chi connectivity index (χ2v) is 5.62. The summed E-state index contributed by atoms with van der Waals surface area (Å²) in [4.78, 5) is 10.9. The molecule has 1 saturated carbocycles. The minimum absolute atomic E-state index is 0.145. The highest BCUT2D eigenvalue weighted by molar-refractivity contribution is 5.77. The third kappa shape index (κ3) is 1.58. The Morgan fingerprint density at radius 1 is 1.41 bits per heavy atom. The molecule has 0 aromatic carbocycles. The van der Waals surface area contributed by atoms with E-state index in [0.717, 1.165) is 12.8 Å². The molecule has 2 atom stereocenters. The van der Waals surface area contributed by atoms with Crippen LogP contribution in [0.3, 0.4) is 0 Å². The van der Waals surface area contributed by atoms with Crippen LogP contribution in [-0.2, 0) is 9.53 Å². The summed E-state index contributed by atoms with van der Waals surface area (Å²) in [7, 11) is 0. The van der Waals surface area contributed by atoms with E-state index in [0.29, 0.717) is 0 Å². The number of ether oxygens (including phenoxy) is 1. The number of halogens is 3. The molecule has 0 aromatic rings. The van der Waals surface area contributed by atoms with Crippen molar-refractivity contribution in [1.29, 1.82) is 0 Å². The number of hydrogen-bond donors (Lipinski definition) is 0. The summed E-state index contributed by atoms with van der Waals surface area (Å²) in [6.07, 6.45) is -1.53. The maximum absolute atomic E-state index is 12.2. The normalized spacial score (nSPS) is 34.7. The van der Waals surface area contributed by atoms with Gasteiger partial charge in [0.1, 0.15) is 5.76 Å². The van der Waals surface area contributed by atoms with Crippen LogP contribution in [0, 0.1) is 16.7 Å². The Morgan fingerprint density at radius 2 is 2.00 bits per heavy atom. The molecule has 0 radical (unpaired) electrons. The minimum Gasteiger partial charge on any atom is -0.424 e. The first-order valence-electron chi connectivity index (χ1n) is 5.60. The molecule has 2 rings (SSSR count). The predicted molar refractivity (Wildman–Crippen MR) is 54.8 cm³/mol. The van der Waals surface area contributed by atoms with Crippen molar-refractivity contribution >= 4 is 5.97 Å². The van der Waals surface area contributed by atoms with E-state index in [-0.39, 0.29) is 17.1 Å². The zero-order valence-corrected chi connectivity index (χ0v) is 10.0. The first-order valence-corrected chi connectivity index (χ1v) is 5.60. The SMILES string of the molecule is CC1(C)[C@H]2C=C(OC(=O)C(F)(F)F)[C@]1(C)CC2. The van der Waals surface area contributed by atoms with Crippen molar-refractivity contribution in [2.75, 3.05) is 0 Å². The summed E-state index contributed by atoms with van der Waals surface area (Å²) in [6.45, 7) is 5.89. The van der Waals surface area contributed by atoms with Crippen LogP contribution in [0.5, 0.6) is 0 Å². The number of allylic oxidation sites excluding steroid dienone is 2. The highest BCUT2D eigenvalue weighted by Crippen LogP contribution is 2.65. The quantitative estimate of drug-likeness (QED) is 0.664. The van der Waals surface area contributed by atoms with E-state index in [1.807, 2.05) is 20.8 Å². The van der Waals surface area contributed by atoms with Crippen LogP contribution in [0.1, 0.15) is 33.6 Å². The van der Waals surface area contributed by atoms with Gasteiger partial charge in [-0.1, -0.05) is 20.8 Å². The van der Waals surface area contributed by atoms with E-state index in [1.165, 1.54) is 0 Å². The summed E-state index contributed by atoms with van der Waals surface area (Å²) >= 11 is 0. The molecule has 0 spiro atoms. The summed E-state index contributed by atoms with van der Waals surface area (Å²) in [5, 5.41) is 0. The van der Waals surface area contributed by atoms with E-state index in [1.54, 1.807) is 6.08 Å². The van der Waals surface area contributed by atoms with Crippen LogP contribution >= 0.6 is 0 Å². The van der Waals surface area contributed by atoms with Crippen LogP contribution in [0.2, 0.25) is 0 Å². The van der Waals surface area contributed by atoms with Gasteiger partial charge in [0.05, 0.1) is 0 Å². The van der Waals surface area contributed by atoms with Gasteiger partial charge in [-0.3, -0.25) is 0 Å². The molecule has 2 aliphatic rings. The van der Waals surface area contributed by atoms with Crippen LogP contribution in [-0.4, -0.2) is 12.1 Å². The van der Waals surface area contributed by atoms with Crippen molar-refractivity contribution in [1.82, 2.24) is 0 Å². The third-order valence-corrected chi connectivity index (χ3v) is 4.63. The Labute approximate surface area is 97.8 Å². The Morgan fingerprint density at radius 3 is 2.35 bits per heavy atom. The Bertz CT molecular complexity index is 395. The first kappa shape index (κ1) is 12.5. The maximum atomic E-state index is 12.2. The lowest BCUT2D eigenvalue weighted by molar-refractivity contribution is -0.197. The number of hydrogen-bond acceptors (Lipinski definition) is 2. The molecule has 0 amide bonds. The molecule has 2 aliphatic carbocycles. The van der Waals surface area contributed by atoms with Crippen LogP contribution in [0.15, 0.2) is 11.8 Å². The standard InChI is InChI=1S/C12H15F3O2/c1-10(2)7-4-5-11(10,3)8(6-7)17-9(16)12(13,14)15/h6-7H,4-5H2,1-3H3/t7-,11+/m1/s1. The van der Waals surface area contributed by atoms with Gasteiger partial charge >= 0.3 is 12.1 Å². The van der Waals surface area contributed by atoms with Gasteiger partial charge < -0.3 is 4.74 Å². The fourth-order valence-electron chi connectivity index (χ4n) is 2.94.